The number of carbonyl (C=O) groups excluding carboxylic acids is 1. The number of hydrogen-bond acceptors (Lipinski definition) is 2. The molecule has 0 fully saturated rings. The zero-order valence-electron chi connectivity index (χ0n) is 6.67. The molecule has 64 valence electrons. The van der Waals surface area contributed by atoms with E-state index < -0.39 is 0 Å². The highest BCUT2D eigenvalue weighted by Gasteiger charge is 2.05. The molecule has 0 saturated carbocycles. The zero-order chi connectivity index (χ0) is 9.14. The fourth-order valence-electron chi connectivity index (χ4n) is 1.04. The average Bonchev–Trinajstić information content (AvgIpc) is 2.09. The Labute approximate surface area is 75.8 Å². The molecule has 1 aromatic rings. The predicted octanol–water partition coefficient (Wildman–Crippen LogP) is 2.42. The van der Waals surface area contributed by atoms with Crippen LogP contribution in [0.2, 0.25) is 5.02 Å². The molecule has 1 N–H and O–H groups in total. The SMILES string of the molecule is CCc1cc(O)c(Cl)cc1C=O. The minimum absolute atomic E-state index is 0.0270. The number of phenolic OH excluding ortho intramolecular Hbond substituents is 1. The van der Waals surface area contributed by atoms with E-state index in [0.717, 1.165) is 11.8 Å². The van der Waals surface area contributed by atoms with Crippen LogP contribution in [0.4, 0.5) is 0 Å². The molecular weight excluding hydrogens is 176 g/mol. The van der Waals surface area contributed by atoms with E-state index in [1.54, 1.807) is 0 Å². The summed E-state index contributed by atoms with van der Waals surface area (Å²) in [5.74, 6) is 0.0270. The smallest absolute Gasteiger partial charge is 0.150 e. The van der Waals surface area contributed by atoms with Gasteiger partial charge in [-0.1, -0.05) is 18.5 Å². The van der Waals surface area contributed by atoms with Crippen molar-refractivity contribution in [3.8, 4) is 5.75 Å². The number of hydrogen-bond donors (Lipinski definition) is 1. The van der Waals surface area contributed by atoms with E-state index in [0.29, 0.717) is 12.0 Å². The summed E-state index contributed by atoms with van der Waals surface area (Å²) >= 11 is 5.61. The quantitative estimate of drug-likeness (QED) is 0.717. The Bertz CT molecular complexity index is 308. The molecule has 0 heterocycles. The number of carbonyl (C=O) groups is 1. The van der Waals surface area contributed by atoms with Crippen LogP contribution in [0.1, 0.15) is 22.8 Å². The number of aryl methyl sites for hydroxylation is 1. The lowest BCUT2D eigenvalue weighted by Crippen LogP contribution is -1.90. The Kier molecular flexibility index (Phi) is 2.71. The maximum atomic E-state index is 10.5. The second-order valence-corrected chi connectivity index (χ2v) is 2.88. The minimum Gasteiger partial charge on any atom is -0.506 e. The second-order valence-electron chi connectivity index (χ2n) is 2.47. The summed E-state index contributed by atoms with van der Waals surface area (Å²) in [5.41, 5.74) is 1.35. The molecule has 0 radical (unpaired) electrons. The van der Waals surface area contributed by atoms with Crippen molar-refractivity contribution in [2.24, 2.45) is 0 Å². The topological polar surface area (TPSA) is 37.3 Å². The molecule has 2 nitrogen and oxygen atoms in total. The van der Waals surface area contributed by atoms with E-state index >= 15 is 0 Å². The summed E-state index contributed by atoms with van der Waals surface area (Å²) in [7, 11) is 0. The van der Waals surface area contributed by atoms with Crippen molar-refractivity contribution in [1.29, 1.82) is 0 Å². The molecule has 0 aliphatic carbocycles. The van der Waals surface area contributed by atoms with E-state index in [1.165, 1.54) is 12.1 Å². The molecule has 0 aliphatic heterocycles. The van der Waals surface area contributed by atoms with Crippen LogP contribution in [-0.4, -0.2) is 11.4 Å². The monoisotopic (exact) mass is 184 g/mol. The van der Waals surface area contributed by atoms with E-state index in [2.05, 4.69) is 0 Å². The largest absolute Gasteiger partial charge is 0.506 e. The van der Waals surface area contributed by atoms with E-state index in [-0.39, 0.29) is 10.8 Å². The van der Waals surface area contributed by atoms with Crippen molar-refractivity contribution in [1.82, 2.24) is 0 Å². The zero-order valence-corrected chi connectivity index (χ0v) is 7.43. The molecule has 0 spiro atoms. The molecule has 1 rings (SSSR count). The van der Waals surface area contributed by atoms with Gasteiger partial charge in [-0.2, -0.15) is 0 Å². The van der Waals surface area contributed by atoms with Crippen molar-refractivity contribution in [2.45, 2.75) is 13.3 Å². The van der Waals surface area contributed by atoms with Crippen molar-refractivity contribution < 1.29 is 9.90 Å². The van der Waals surface area contributed by atoms with Crippen molar-refractivity contribution in [3.05, 3.63) is 28.3 Å². The molecular formula is C9H9ClO2. The van der Waals surface area contributed by atoms with Gasteiger partial charge in [0, 0.05) is 5.56 Å². The van der Waals surface area contributed by atoms with E-state index in [4.69, 9.17) is 11.6 Å². The number of halogens is 1. The van der Waals surface area contributed by atoms with Gasteiger partial charge in [-0.05, 0) is 24.1 Å². The van der Waals surface area contributed by atoms with Gasteiger partial charge >= 0.3 is 0 Å². The lowest BCUT2D eigenvalue weighted by Gasteiger charge is -2.03. The number of aromatic hydroxyl groups is 1. The predicted molar refractivity (Wildman–Crippen MR) is 47.9 cm³/mol. The Morgan fingerprint density at radius 3 is 2.75 bits per heavy atom. The summed E-state index contributed by atoms with van der Waals surface area (Å²) in [5, 5.41) is 9.42. The first-order valence-corrected chi connectivity index (χ1v) is 4.03. The molecule has 12 heavy (non-hydrogen) atoms. The lowest BCUT2D eigenvalue weighted by molar-refractivity contribution is 0.112. The highest BCUT2D eigenvalue weighted by molar-refractivity contribution is 6.32. The van der Waals surface area contributed by atoms with Crippen molar-refractivity contribution in [2.75, 3.05) is 0 Å². The van der Waals surface area contributed by atoms with Crippen LogP contribution in [0.15, 0.2) is 12.1 Å². The first-order valence-electron chi connectivity index (χ1n) is 3.65. The van der Waals surface area contributed by atoms with Gasteiger partial charge in [-0.15, -0.1) is 0 Å². The molecule has 0 saturated heterocycles. The Morgan fingerprint density at radius 2 is 2.25 bits per heavy atom. The van der Waals surface area contributed by atoms with Gasteiger partial charge in [0.25, 0.3) is 0 Å². The molecule has 0 aliphatic rings. The van der Waals surface area contributed by atoms with Crippen LogP contribution in [0.3, 0.4) is 0 Å². The van der Waals surface area contributed by atoms with Gasteiger partial charge in [-0.25, -0.2) is 0 Å². The molecule has 0 atom stereocenters. The molecule has 0 amide bonds. The Morgan fingerprint density at radius 1 is 1.58 bits per heavy atom. The Hall–Kier alpha value is -1.02. The van der Waals surface area contributed by atoms with Gasteiger partial charge in [0.15, 0.2) is 0 Å². The van der Waals surface area contributed by atoms with E-state index in [9.17, 15) is 9.90 Å². The van der Waals surface area contributed by atoms with Gasteiger partial charge in [0.05, 0.1) is 5.02 Å². The van der Waals surface area contributed by atoms with Crippen LogP contribution in [0, 0.1) is 0 Å². The van der Waals surface area contributed by atoms with E-state index in [1.807, 2.05) is 6.92 Å². The van der Waals surface area contributed by atoms with Crippen molar-refractivity contribution >= 4 is 17.9 Å². The molecule has 0 bridgehead atoms. The van der Waals surface area contributed by atoms with Crippen LogP contribution >= 0.6 is 11.6 Å². The fraction of sp³-hybridized carbons (Fsp3) is 0.222. The fourth-order valence-corrected chi connectivity index (χ4v) is 1.21. The van der Waals surface area contributed by atoms with Crippen LogP contribution < -0.4 is 0 Å². The number of aldehydes is 1. The minimum atomic E-state index is 0.0270. The maximum absolute atomic E-state index is 10.5. The number of benzene rings is 1. The van der Waals surface area contributed by atoms with Crippen LogP contribution in [-0.2, 0) is 6.42 Å². The number of rotatable bonds is 2. The summed E-state index contributed by atoms with van der Waals surface area (Å²) in [6.07, 6.45) is 1.45. The summed E-state index contributed by atoms with van der Waals surface area (Å²) in [6.45, 7) is 1.91. The van der Waals surface area contributed by atoms with Gasteiger partial charge < -0.3 is 5.11 Å². The third-order valence-corrected chi connectivity index (χ3v) is 2.02. The first-order chi connectivity index (χ1) is 5.69. The first kappa shape index (κ1) is 9.07. The molecule has 1 aromatic carbocycles. The summed E-state index contributed by atoms with van der Waals surface area (Å²) in [4.78, 5) is 10.5. The highest BCUT2D eigenvalue weighted by Crippen LogP contribution is 2.26. The summed E-state index contributed by atoms with van der Waals surface area (Å²) < 4.78 is 0. The van der Waals surface area contributed by atoms with Crippen LogP contribution in [0.25, 0.3) is 0 Å². The summed E-state index contributed by atoms with van der Waals surface area (Å²) in [6, 6.07) is 2.99. The van der Waals surface area contributed by atoms with Gasteiger partial charge in [0.1, 0.15) is 12.0 Å². The van der Waals surface area contributed by atoms with Crippen molar-refractivity contribution in [3.63, 3.8) is 0 Å². The van der Waals surface area contributed by atoms with Gasteiger partial charge in [-0.3, -0.25) is 4.79 Å². The Balaban J connectivity index is 3.28. The second kappa shape index (κ2) is 3.59. The maximum Gasteiger partial charge on any atom is 0.150 e. The molecule has 0 aromatic heterocycles. The third-order valence-electron chi connectivity index (χ3n) is 1.72. The standard InChI is InChI=1S/C9H9ClO2/c1-2-6-4-9(12)8(10)3-7(6)5-11/h3-5,12H,2H2,1H3. The normalized spacial score (nSPS) is 9.83. The number of phenols is 1. The average molecular weight is 185 g/mol. The molecule has 3 heteroatoms. The highest BCUT2D eigenvalue weighted by atomic mass is 35.5. The third kappa shape index (κ3) is 1.59. The van der Waals surface area contributed by atoms with Crippen LogP contribution in [0.5, 0.6) is 5.75 Å². The molecule has 0 unspecified atom stereocenters. The van der Waals surface area contributed by atoms with Gasteiger partial charge in [0.2, 0.25) is 0 Å². The lowest BCUT2D eigenvalue weighted by atomic mass is 10.1.